The molecule has 0 bridgehead atoms. The second kappa shape index (κ2) is 5.45. The number of nitrogens with zero attached hydrogens (tertiary/aromatic N) is 1. The third kappa shape index (κ3) is 3.66. The average molecular weight is 253 g/mol. The van der Waals surface area contributed by atoms with Gasteiger partial charge in [0.25, 0.3) is 0 Å². The molecule has 0 aliphatic rings. The van der Waals surface area contributed by atoms with Crippen molar-refractivity contribution in [3.05, 3.63) is 24.3 Å². The number of anilines is 1. The zero-order valence-electron chi connectivity index (χ0n) is 10.7. The molecule has 17 heavy (non-hydrogen) atoms. The van der Waals surface area contributed by atoms with Crippen LogP contribution in [-0.4, -0.2) is 30.9 Å². The summed E-state index contributed by atoms with van der Waals surface area (Å²) >= 11 is 1.69. The third-order valence-electron chi connectivity index (χ3n) is 2.72. The smallest absolute Gasteiger partial charge is 0.310 e. The fourth-order valence-corrected chi connectivity index (χ4v) is 2.00. The number of thioether (sulfide) groups is 1. The Balaban J connectivity index is 2.76. The zero-order chi connectivity index (χ0) is 13.1. The molecule has 0 heterocycles. The molecule has 1 rings (SSSR count). The summed E-state index contributed by atoms with van der Waals surface area (Å²) in [5.74, 6) is -0.773. The maximum Gasteiger partial charge on any atom is 0.310 e. The molecule has 0 atom stereocenters. The molecule has 94 valence electrons. The summed E-state index contributed by atoms with van der Waals surface area (Å²) in [6.45, 7) is 3.96. The van der Waals surface area contributed by atoms with E-state index in [1.54, 1.807) is 25.6 Å². The minimum atomic E-state index is -0.773. The first kappa shape index (κ1) is 13.9. The van der Waals surface area contributed by atoms with Crippen molar-refractivity contribution < 1.29 is 9.90 Å². The van der Waals surface area contributed by atoms with Gasteiger partial charge in [0, 0.05) is 24.2 Å². The lowest BCUT2D eigenvalue weighted by molar-refractivity contribution is -0.146. The predicted molar refractivity (Wildman–Crippen MR) is 72.9 cm³/mol. The van der Waals surface area contributed by atoms with E-state index in [1.165, 1.54) is 4.90 Å². The fourth-order valence-electron chi connectivity index (χ4n) is 1.59. The highest BCUT2D eigenvalue weighted by Crippen LogP contribution is 2.23. The molecule has 0 spiro atoms. The van der Waals surface area contributed by atoms with Crippen LogP contribution in [0.25, 0.3) is 0 Å². The molecule has 0 saturated carbocycles. The SMILES string of the molecule is CSc1ccc(N(C)CC(C)(C)C(=O)O)cc1. The summed E-state index contributed by atoms with van der Waals surface area (Å²) in [5, 5.41) is 9.09. The second-order valence-electron chi connectivity index (χ2n) is 4.74. The second-order valence-corrected chi connectivity index (χ2v) is 5.62. The highest BCUT2D eigenvalue weighted by molar-refractivity contribution is 7.98. The van der Waals surface area contributed by atoms with E-state index < -0.39 is 11.4 Å². The van der Waals surface area contributed by atoms with Gasteiger partial charge in [-0.15, -0.1) is 11.8 Å². The van der Waals surface area contributed by atoms with Crippen molar-refractivity contribution in [3.63, 3.8) is 0 Å². The van der Waals surface area contributed by atoms with Gasteiger partial charge in [-0.25, -0.2) is 0 Å². The molecule has 0 aliphatic heterocycles. The Morgan fingerprint density at radius 3 is 2.29 bits per heavy atom. The van der Waals surface area contributed by atoms with Crippen LogP contribution in [0.4, 0.5) is 5.69 Å². The van der Waals surface area contributed by atoms with E-state index in [0.29, 0.717) is 6.54 Å². The highest BCUT2D eigenvalue weighted by atomic mass is 32.2. The topological polar surface area (TPSA) is 40.5 Å². The molecule has 0 fully saturated rings. The lowest BCUT2D eigenvalue weighted by Gasteiger charge is -2.28. The molecule has 1 aromatic carbocycles. The van der Waals surface area contributed by atoms with E-state index in [0.717, 1.165) is 5.69 Å². The van der Waals surface area contributed by atoms with E-state index >= 15 is 0 Å². The Hall–Kier alpha value is -1.16. The van der Waals surface area contributed by atoms with Crippen LogP contribution in [0, 0.1) is 5.41 Å². The van der Waals surface area contributed by atoms with Crippen LogP contribution in [0.15, 0.2) is 29.2 Å². The number of benzene rings is 1. The van der Waals surface area contributed by atoms with E-state index in [-0.39, 0.29) is 0 Å². The molecule has 0 unspecified atom stereocenters. The zero-order valence-corrected chi connectivity index (χ0v) is 11.5. The van der Waals surface area contributed by atoms with Gasteiger partial charge in [0.05, 0.1) is 5.41 Å². The number of carboxylic acids is 1. The Bertz CT molecular complexity index is 387. The van der Waals surface area contributed by atoms with Crippen molar-refractivity contribution in [2.45, 2.75) is 18.7 Å². The van der Waals surface area contributed by atoms with Gasteiger partial charge in [0.15, 0.2) is 0 Å². The lowest BCUT2D eigenvalue weighted by Crippen LogP contribution is -2.37. The van der Waals surface area contributed by atoms with Gasteiger partial charge in [0.1, 0.15) is 0 Å². The van der Waals surface area contributed by atoms with Crippen molar-refractivity contribution in [3.8, 4) is 0 Å². The van der Waals surface area contributed by atoms with Crippen LogP contribution in [0.1, 0.15) is 13.8 Å². The number of carbonyl (C=O) groups is 1. The van der Waals surface area contributed by atoms with Crippen LogP contribution < -0.4 is 4.90 Å². The van der Waals surface area contributed by atoms with Crippen LogP contribution >= 0.6 is 11.8 Å². The van der Waals surface area contributed by atoms with Gasteiger partial charge in [-0.1, -0.05) is 0 Å². The lowest BCUT2D eigenvalue weighted by atomic mass is 9.93. The van der Waals surface area contributed by atoms with Crippen molar-refractivity contribution in [1.82, 2.24) is 0 Å². The fraction of sp³-hybridized carbons (Fsp3) is 0.462. The van der Waals surface area contributed by atoms with Gasteiger partial charge < -0.3 is 10.0 Å². The summed E-state index contributed by atoms with van der Waals surface area (Å²) in [4.78, 5) is 14.2. The van der Waals surface area contributed by atoms with Crippen LogP contribution in [-0.2, 0) is 4.79 Å². The van der Waals surface area contributed by atoms with Crippen molar-refractivity contribution >= 4 is 23.4 Å². The number of rotatable bonds is 5. The van der Waals surface area contributed by atoms with Crippen molar-refractivity contribution in [1.29, 1.82) is 0 Å². The van der Waals surface area contributed by atoms with Gasteiger partial charge in [-0.3, -0.25) is 4.79 Å². The largest absolute Gasteiger partial charge is 0.481 e. The van der Waals surface area contributed by atoms with Gasteiger partial charge in [0.2, 0.25) is 0 Å². The van der Waals surface area contributed by atoms with Crippen LogP contribution in [0.5, 0.6) is 0 Å². The summed E-state index contributed by atoms with van der Waals surface area (Å²) in [7, 11) is 1.92. The molecular weight excluding hydrogens is 234 g/mol. The highest BCUT2D eigenvalue weighted by Gasteiger charge is 2.28. The average Bonchev–Trinajstić information content (AvgIpc) is 2.28. The van der Waals surface area contributed by atoms with Crippen molar-refractivity contribution in [2.75, 3.05) is 24.7 Å². The minimum absolute atomic E-state index is 0.487. The van der Waals surface area contributed by atoms with E-state index in [2.05, 4.69) is 0 Å². The van der Waals surface area contributed by atoms with E-state index in [4.69, 9.17) is 5.11 Å². The quantitative estimate of drug-likeness (QED) is 0.819. The van der Waals surface area contributed by atoms with Crippen LogP contribution in [0.3, 0.4) is 0 Å². The maximum absolute atomic E-state index is 11.1. The molecule has 0 amide bonds. The number of hydrogen-bond donors (Lipinski definition) is 1. The summed E-state index contributed by atoms with van der Waals surface area (Å²) in [6, 6.07) is 8.13. The monoisotopic (exact) mass is 253 g/mol. The first-order chi connectivity index (χ1) is 7.86. The Morgan fingerprint density at radius 1 is 1.35 bits per heavy atom. The number of carboxylic acid groups (broad SMARTS) is 1. The maximum atomic E-state index is 11.1. The van der Waals surface area contributed by atoms with Gasteiger partial charge in [-0.2, -0.15) is 0 Å². The minimum Gasteiger partial charge on any atom is -0.481 e. The Kier molecular flexibility index (Phi) is 4.46. The molecule has 0 aromatic heterocycles. The first-order valence-electron chi connectivity index (χ1n) is 5.45. The Morgan fingerprint density at radius 2 is 1.88 bits per heavy atom. The molecule has 1 N–H and O–H groups in total. The van der Waals surface area contributed by atoms with Crippen LogP contribution in [0.2, 0.25) is 0 Å². The molecule has 0 aliphatic carbocycles. The summed E-state index contributed by atoms with van der Waals surface area (Å²) in [5.41, 5.74) is 0.296. The standard InChI is InChI=1S/C13H19NO2S/c1-13(2,12(15)16)9-14(3)10-5-7-11(17-4)8-6-10/h5-8H,9H2,1-4H3,(H,15,16). The van der Waals surface area contributed by atoms with E-state index in [1.807, 2.05) is 42.5 Å². The number of hydrogen-bond acceptors (Lipinski definition) is 3. The Labute approximate surface area is 107 Å². The predicted octanol–water partition coefficient (Wildman–Crippen LogP) is 2.96. The molecule has 1 aromatic rings. The summed E-state index contributed by atoms with van der Waals surface area (Å²) in [6.07, 6.45) is 2.03. The van der Waals surface area contributed by atoms with Gasteiger partial charge in [-0.05, 0) is 44.4 Å². The first-order valence-corrected chi connectivity index (χ1v) is 6.68. The van der Waals surface area contributed by atoms with Crippen molar-refractivity contribution in [2.24, 2.45) is 5.41 Å². The third-order valence-corrected chi connectivity index (χ3v) is 3.47. The molecule has 3 nitrogen and oxygen atoms in total. The van der Waals surface area contributed by atoms with Gasteiger partial charge >= 0.3 is 5.97 Å². The molecule has 0 radical (unpaired) electrons. The summed E-state index contributed by atoms with van der Waals surface area (Å²) < 4.78 is 0. The molecule has 4 heteroatoms. The molecular formula is C13H19NO2S. The number of aliphatic carboxylic acids is 1. The molecule has 0 saturated heterocycles. The van der Waals surface area contributed by atoms with E-state index in [9.17, 15) is 4.79 Å². The normalized spacial score (nSPS) is 11.3.